The van der Waals surface area contributed by atoms with Crippen molar-refractivity contribution < 1.29 is 9.98 Å². The summed E-state index contributed by atoms with van der Waals surface area (Å²) in [5.41, 5.74) is 6.30. The Labute approximate surface area is 166 Å². The molecule has 6 N–H and O–H groups in total. The molecular weight excluding hydrogens is 364 g/mol. The molecule has 8 nitrogen and oxygen atoms in total. The van der Waals surface area contributed by atoms with Gasteiger partial charge in [0.2, 0.25) is 0 Å². The summed E-state index contributed by atoms with van der Waals surface area (Å²) >= 11 is 0. The normalized spacial score (nSPS) is 16.1. The second-order valence-electron chi connectivity index (χ2n) is 7.46. The third-order valence-electron chi connectivity index (χ3n) is 5.43. The fourth-order valence-electron chi connectivity index (χ4n) is 4.05. The van der Waals surface area contributed by atoms with E-state index >= 15 is 0 Å². The van der Waals surface area contributed by atoms with Crippen LogP contribution in [0.3, 0.4) is 0 Å². The van der Waals surface area contributed by atoms with E-state index in [-0.39, 0.29) is 0 Å². The summed E-state index contributed by atoms with van der Waals surface area (Å²) in [5.74, 6) is 3.98. The lowest BCUT2D eigenvalue weighted by Gasteiger charge is -1.95. The van der Waals surface area contributed by atoms with E-state index in [4.69, 9.17) is 9.97 Å². The minimum atomic E-state index is 0.633. The lowest BCUT2D eigenvalue weighted by Crippen LogP contribution is -2.70. The Morgan fingerprint density at radius 2 is 1.24 bits per heavy atom. The highest BCUT2D eigenvalue weighted by molar-refractivity contribution is 5.98. The molecule has 144 valence electrons. The molecule has 0 fully saturated rings. The van der Waals surface area contributed by atoms with Gasteiger partial charge in [0, 0.05) is 0 Å². The van der Waals surface area contributed by atoms with Crippen LogP contribution in [0, 0.1) is 0 Å². The van der Waals surface area contributed by atoms with Gasteiger partial charge in [0.15, 0.2) is 0 Å². The molecule has 4 heterocycles. The van der Waals surface area contributed by atoms with Crippen molar-refractivity contribution >= 4 is 33.7 Å². The van der Waals surface area contributed by atoms with Crippen molar-refractivity contribution in [1.29, 1.82) is 0 Å². The fourth-order valence-corrected chi connectivity index (χ4v) is 4.05. The first-order valence-corrected chi connectivity index (χ1v) is 9.99. The minimum absolute atomic E-state index is 0.633. The number of hydrogen-bond acceptors (Lipinski definition) is 4. The van der Waals surface area contributed by atoms with Crippen molar-refractivity contribution in [3.63, 3.8) is 0 Å². The highest BCUT2D eigenvalue weighted by Crippen LogP contribution is 2.18. The van der Waals surface area contributed by atoms with Crippen molar-refractivity contribution in [2.75, 3.05) is 26.2 Å². The largest absolute Gasteiger partial charge is 0.342 e. The zero-order valence-electron chi connectivity index (χ0n) is 15.9. The first kappa shape index (κ1) is 16.3. The van der Waals surface area contributed by atoms with Gasteiger partial charge in [-0.1, -0.05) is 0 Å². The highest BCUT2D eigenvalue weighted by atomic mass is 15.1. The molecule has 0 atom stereocenters. The summed E-state index contributed by atoms with van der Waals surface area (Å²) in [6.07, 6.45) is 0.633. The molecule has 0 bridgehead atoms. The number of aromatic amines is 2. The molecule has 0 spiro atoms. The van der Waals surface area contributed by atoms with Gasteiger partial charge in [0.25, 0.3) is 11.7 Å². The van der Waals surface area contributed by atoms with E-state index in [1.807, 2.05) is 0 Å². The standard InChI is InChI=1S/C21H20N8/c1-3-14-16(9-12(1)20-22-5-6-23-20)28-18(26-14)11-19-27-15-4-2-13(10-17(15)29-19)21-24-7-8-25-21/h1-4,9-10H,5-8,11H2,(H,22,23)(H,24,25)(H,26,28)(H,27,29)/p+2. The van der Waals surface area contributed by atoms with Gasteiger partial charge < -0.3 is 9.97 Å². The molecule has 2 aromatic heterocycles. The van der Waals surface area contributed by atoms with Gasteiger partial charge in [-0.15, -0.1) is 0 Å². The van der Waals surface area contributed by atoms with Crippen LogP contribution in [0.4, 0.5) is 0 Å². The minimum Gasteiger partial charge on any atom is -0.342 e. The van der Waals surface area contributed by atoms with Crippen molar-refractivity contribution in [2.24, 2.45) is 0 Å². The predicted octanol–water partition coefficient (Wildman–Crippen LogP) is -2.11. The van der Waals surface area contributed by atoms with Crippen molar-refractivity contribution in [3.8, 4) is 0 Å². The molecule has 2 aliphatic rings. The average molecular weight is 386 g/mol. The summed E-state index contributed by atoms with van der Waals surface area (Å²) in [6, 6.07) is 12.6. The maximum absolute atomic E-state index is 4.74. The van der Waals surface area contributed by atoms with Gasteiger partial charge in [-0.05, 0) is 36.4 Å². The molecule has 2 aromatic carbocycles. The molecule has 0 radical (unpaired) electrons. The van der Waals surface area contributed by atoms with Crippen molar-refractivity contribution in [2.45, 2.75) is 6.42 Å². The maximum Gasteiger partial charge on any atom is 0.275 e. The van der Waals surface area contributed by atoms with Crippen LogP contribution in [-0.4, -0.2) is 57.8 Å². The Balaban J connectivity index is 1.29. The molecule has 0 aliphatic carbocycles. The first-order valence-electron chi connectivity index (χ1n) is 9.99. The first-order chi connectivity index (χ1) is 14.3. The summed E-state index contributed by atoms with van der Waals surface area (Å²) < 4.78 is 0. The molecule has 0 saturated carbocycles. The number of nitrogens with zero attached hydrogens (tertiary/aromatic N) is 2. The van der Waals surface area contributed by atoms with E-state index in [0.717, 1.165) is 82.7 Å². The van der Waals surface area contributed by atoms with Crippen molar-refractivity contribution in [1.82, 2.24) is 30.6 Å². The smallest absolute Gasteiger partial charge is 0.275 e. The zero-order valence-corrected chi connectivity index (χ0v) is 15.9. The summed E-state index contributed by atoms with van der Waals surface area (Å²) in [5, 5.41) is 6.74. The molecule has 0 unspecified atom stereocenters. The Bertz CT molecular complexity index is 1190. The zero-order chi connectivity index (χ0) is 19.2. The lowest BCUT2D eigenvalue weighted by molar-refractivity contribution is -0.444. The van der Waals surface area contributed by atoms with E-state index in [9.17, 15) is 0 Å². The monoisotopic (exact) mass is 386 g/mol. The van der Waals surface area contributed by atoms with Crippen molar-refractivity contribution in [3.05, 3.63) is 59.2 Å². The van der Waals surface area contributed by atoms with E-state index in [2.05, 4.69) is 67.0 Å². The number of fused-ring (bicyclic) bond motifs is 2. The molecule has 4 aromatic rings. The number of H-pyrrole nitrogens is 2. The number of amidine groups is 2. The quantitative estimate of drug-likeness (QED) is 0.241. The Kier molecular flexibility index (Phi) is 3.62. The van der Waals surface area contributed by atoms with Crippen LogP contribution >= 0.6 is 0 Å². The predicted molar refractivity (Wildman–Crippen MR) is 111 cm³/mol. The molecule has 6 rings (SSSR count). The number of hydrogen-bond donors (Lipinski definition) is 6. The lowest BCUT2D eigenvalue weighted by atomic mass is 10.2. The van der Waals surface area contributed by atoms with Crippen LogP contribution in [0.2, 0.25) is 0 Å². The average Bonchev–Trinajstić information content (AvgIpc) is 3.53. The van der Waals surface area contributed by atoms with Crippen LogP contribution < -0.4 is 20.6 Å². The van der Waals surface area contributed by atoms with E-state index < -0.39 is 0 Å². The molecule has 2 aliphatic heterocycles. The van der Waals surface area contributed by atoms with Crippen LogP contribution in [0.5, 0.6) is 0 Å². The van der Waals surface area contributed by atoms with Crippen LogP contribution in [-0.2, 0) is 6.42 Å². The highest BCUT2D eigenvalue weighted by Gasteiger charge is 2.18. The van der Waals surface area contributed by atoms with E-state index in [0.29, 0.717) is 6.42 Å². The van der Waals surface area contributed by atoms with Gasteiger partial charge in [-0.2, -0.15) is 0 Å². The van der Waals surface area contributed by atoms with Gasteiger partial charge in [-0.25, -0.2) is 9.97 Å². The Morgan fingerprint density at radius 3 is 1.69 bits per heavy atom. The summed E-state index contributed by atoms with van der Waals surface area (Å²) in [6.45, 7) is 3.84. The van der Waals surface area contributed by atoms with Gasteiger partial charge in [0.05, 0.1) is 39.6 Å². The third-order valence-corrected chi connectivity index (χ3v) is 5.43. The van der Waals surface area contributed by atoms with Crippen LogP contribution in [0.15, 0.2) is 36.4 Å². The molecular formula is C21H22N8+2. The van der Waals surface area contributed by atoms with Gasteiger partial charge in [-0.3, -0.25) is 20.6 Å². The fraction of sp³-hybridized carbons (Fsp3) is 0.238. The Hall–Kier alpha value is -3.68. The molecule has 0 amide bonds. The number of nitrogens with one attached hydrogen (secondary N) is 6. The second-order valence-corrected chi connectivity index (χ2v) is 7.46. The summed E-state index contributed by atoms with van der Waals surface area (Å²) in [4.78, 5) is 23.1. The van der Waals surface area contributed by atoms with Crippen LogP contribution in [0.1, 0.15) is 22.8 Å². The topological polar surface area (TPSA) is 109 Å². The SMILES string of the molecule is c1cc2nc(Cc3nc4ccc(C5=[NH+]CCN5)cc4[nH]3)[nH]c2cc1C1=[NH+]CCN1. The molecule has 8 heteroatoms. The second kappa shape index (κ2) is 6.44. The number of rotatable bonds is 4. The van der Waals surface area contributed by atoms with Gasteiger partial charge in [0.1, 0.15) is 37.8 Å². The Morgan fingerprint density at radius 1 is 0.724 bits per heavy atom. The molecule has 0 saturated heterocycles. The maximum atomic E-state index is 4.74. The number of benzene rings is 2. The summed E-state index contributed by atoms with van der Waals surface area (Å²) in [7, 11) is 0. The number of imidazole rings is 2. The van der Waals surface area contributed by atoms with E-state index in [1.54, 1.807) is 0 Å². The number of aromatic nitrogens is 4. The van der Waals surface area contributed by atoms with E-state index in [1.165, 1.54) is 0 Å². The van der Waals surface area contributed by atoms with Crippen LogP contribution in [0.25, 0.3) is 22.1 Å². The third kappa shape index (κ3) is 2.93. The molecule has 29 heavy (non-hydrogen) atoms. The van der Waals surface area contributed by atoms with Gasteiger partial charge >= 0.3 is 0 Å².